The standard InChI is InChI=1S/C10H17F3N2O2S/c1-7(9(14)18)5-15(2)8(16)3-4-17-6-10(11,12)13/h7H,3-6H2,1-2H3,(H2,14,18). The van der Waals surface area contributed by atoms with Gasteiger partial charge in [0.05, 0.1) is 18.0 Å². The fourth-order valence-corrected chi connectivity index (χ4v) is 1.22. The Morgan fingerprint density at radius 2 is 2.06 bits per heavy atom. The van der Waals surface area contributed by atoms with Gasteiger partial charge in [0.25, 0.3) is 0 Å². The Labute approximate surface area is 109 Å². The van der Waals surface area contributed by atoms with Gasteiger partial charge in [-0.15, -0.1) is 0 Å². The number of hydrogen-bond donors (Lipinski definition) is 1. The lowest BCUT2D eigenvalue weighted by Crippen LogP contribution is -2.36. The molecule has 18 heavy (non-hydrogen) atoms. The second-order valence-electron chi connectivity index (χ2n) is 4.00. The summed E-state index contributed by atoms with van der Waals surface area (Å²) in [5.74, 6) is -0.440. The van der Waals surface area contributed by atoms with Crippen LogP contribution < -0.4 is 5.73 Å². The topological polar surface area (TPSA) is 55.6 Å². The zero-order chi connectivity index (χ0) is 14.3. The summed E-state index contributed by atoms with van der Waals surface area (Å²) in [4.78, 5) is 13.2. The second kappa shape index (κ2) is 7.52. The minimum absolute atomic E-state index is 0.101. The van der Waals surface area contributed by atoms with E-state index in [2.05, 4.69) is 4.74 Å². The summed E-state index contributed by atoms with van der Waals surface area (Å²) in [6.07, 6.45) is -4.47. The quantitative estimate of drug-likeness (QED) is 0.567. The van der Waals surface area contributed by atoms with E-state index in [9.17, 15) is 18.0 Å². The molecule has 0 saturated carbocycles. The van der Waals surface area contributed by atoms with Gasteiger partial charge in [-0.3, -0.25) is 4.79 Å². The first-order chi connectivity index (χ1) is 8.13. The molecule has 0 aromatic rings. The molecule has 1 unspecified atom stereocenters. The lowest BCUT2D eigenvalue weighted by Gasteiger charge is -2.21. The number of hydrogen-bond acceptors (Lipinski definition) is 3. The van der Waals surface area contributed by atoms with Crippen molar-refractivity contribution in [1.29, 1.82) is 0 Å². The average Bonchev–Trinajstić information content (AvgIpc) is 2.22. The molecule has 1 atom stereocenters. The molecule has 1 amide bonds. The minimum Gasteiger partial charge on any atom is -0.393 e. The molecule has 0 aliphatic rings. The van der Waals surface area contributed by atoms with Gasteiger partial charge in [0, 0.05) is 19.5 Å². The van der Waals surface area contributed by atoms with Crippen molar-refractivity contribution in [3.8, 4) is 0 Å². The molecule has 0 aliphatic heterocycles. The Morgan fingerprint density at radius 1 is 1.50 bits per heavy atom. The van der Waals surface area contributed by atoms with Gasteiger partial charge in [-0.25, -0.2) is 0 Å². The average molecular weight is 286 g/mol. The third-order valence-electron chi connectivity index (χ3n) is 2.19. The van der Waals surface area contributed by atoms with Gasteiger partial charge in [-0.2, -0.15) is 13.2 Å². The maximum absolute atomic E-state index is 11.8. The van der Waals surface area contributed by atoms with Gasteiger partial charge in [0.1, 0.15) is 6.61 Å². The molecule has 0 aromatic carbocycles. The highest BCUT2D eigenvalue weighted by Gasteiger charge is 2.27. The van der Waals surface area contributed by atoms with E-state index < -0.39 is 12.8 Å². The third kappa shape index (κ3) is 8.24. The first-order valence-electron chi connectivity index (χ1n) is 5.31. The first kappa shape index (κ1) is 17.1. The van der Waals surface area contributed by atoms with E-state index in [0.717, 1.165) is 0 Å². The maximum Gasteiger partial charge on any atom is 0.411 e. The number of nitrogens with two attached hydrogens (primary N) is 1. The van der Waals surface area contributed by atoms with Gasteiger partial charge >= 0.3 is 6.18 Å². The summed E-state index contributed by atoms with van der Waals surface area (Å²) >= 11 is 4.76. The number of nitrogens with zero attached hydrogens (tertiary/aromatic N) is 1. The fraction of sp³-hybridized carbons (Fsp3) is 0.800. The zero-order valence-electron chi connectivity index (χ0n) is 10.3. The molecule has 0 heterocycles. The number of halogens is 3. The molecule has 0 radical (unpaired) electrons. The van der Waals surface area contributed by atoms with Crippen LogP contribution in [0.15, 0.2) is 0 Å². The Kier molecular flexibility index (Phi) is 7.15. The van der Waals surface area contributed by atoms with Crippen LogP contribution in [-0.4, -0.2) is 48.8 Å². The van der Waals surface area contributed by atoms with Crippen molar-refractivity contribution in [2.75, 3.05) is 26.8 Å². The highest BCUT2D eigenvalue weighted by Crippen LogP contribution is 2.14. The van der Waals surface area contributed by atoms with Crippen LogP contribution in [0.2, 0.25) is 0 Å². The summed E-state index contributed by atoms with van der Waals surface area (Å²) in [5, 5.41) is 0. The number of alkyl halides is 3. The monoisotopic (exact) mass is 286 g/mol. The van der Waals surface area contributed by atoms with Crippen LogP contribution in [0.25, 0.3) is 0 Å². The van der Waals surface area contributed by atoms with Crippen LogP contribution in [0.3, 0.4) is 0 Å². The minimum atomic E-state index is -4.37. The fourth-order valence-electron chi connectivity index (χ4n) is 1.14. The molecule has 0 spiro atoms. The van der Waals surface area contributed by atoms with Crippen LogP contribution in [0.1, 0.15) is 13.3 Å². The Hall–Kier alpha value is -0.890. The Balaban J connectivity index is 3.85. The molecule has 0 aliphatic carbocycles. The maximum atomic E-state index is 11.8. The molecule has 2 N–H and O–H groups in total. The van der Waals surface area contributed by atoms with E-state index in [4.69, 9.17) is 18.0 Å². The predicted molar refractivity (Wildman–Crippen MR) is 65.1 cm³/mol. The number of ether oxygens (including phenoxy) is 1. The number of carbonyl (C=O) groups is 1. The highest BCUT2D eigenvalue weighted by molar-refractivity contribution is 7.80. The predicted octanol–water partition coefficient (Wildman–Crippen LogP) is 1.34. The van der Waals surface area contributed by atoms with Crippen LogP contribution >= 0.6 is 12.2 Å². The summed E-state index contributed by atoms with van der Waals surface area (Å²) in [7, 11) is 1.54. The van der Waals surface area contributed by atoms with Gasteiger partial charge in [-0.05, 0) is 0 Å². The summed E-state index contributed by atoms with van der Waals surface area (Å²) < 4.78 is 39.6. The lowest BCUT2D eigenvalue weighted by atomic mass is 10.1. The van der Waals surface area contributed by atoms with Crippen molar-refractivity contribution in [1.82, 2.24) is 4.90 Å². The molecule has 106 valence electrons. The van der Waals surface area contributed by atoms with Gasteiger partial charge in [-0.1, -0.05) is 19.1 Å². The molecule has 8 heteroatoms. The van der Waals surface area contributed by atoms with Crippen LogP contribution in [-0.2, 0) is 9.53 Å². The third-order valence-corrected chi connectivity index (χ3v) is 2.59. The first-order valence-corrected chi connectivity index (χ1v) is 5.72. The van der Waals surface area contributed by atoms with Crippen molar-refractivity contribution in [2.24, 2.45) is 11.7 Å². The molecular weight excluding hydrogens is 269 g/mol. The normalized spacial score (nSPS) is 13.2. The van der Waals surface area contributed by atoms with Crippen molar-refractivity contribution < 1.29 is 22.7 Å². The molecule has 0 bridgehead atoms. The van der Waals surface area contributed by atoms with Crippen LogP contribution in [0, 0.1) is 5.92 Å². The number of amides is 1. The van der Waals surface area contributed by atoms with Gasteiger partial charge in [0.2, 0.25) is 5.91 Å². The molecule has 4 nitrogen and oxygen atoms in total. The highest BCUT2D eigenvalue weighted by atomic mass is 32.1. The van der Waals surface area contributed by atoms with Crippen LogP contribution in [0.5, 0.6) is 0 Å². The van der Waals surface area contributed by atoms with Crippen molar-refractivity contribution in [2.45, 2.75) is 19.5 Å². The van der Waals surface area contributed by atoms with Crippen molar-refractivity contribution in [3.05, 3.63) is 0 Å². The zero-order valence-corrected chi connectivity index (χ0v) is 11.1. The summed E-state index contributed by atoms with van der Waals surface area (Å²) in [6.45, 7) is 0.511. The Bertz CT molecular complexity index is 297. The molecule has 0 saturated heterocycles. The number of carbonyl (C=O) groups excluding carboxylic acids is 1. The molecular formula is C10H17F3N2O2S. The summed E-state index contributed by atoms with van der Waals surface area (Å²) in [5.41, 5.74) is 5.40. The smallest absolute Gasteiger partial charge is 0.393 e. The van der Waals surface area contributed by atoms with Crippen LogP contribution in [0.4, 0.5) is 13.2 Å². The van der Waals surface area contributed by atoms with E-state index in [0.29, 0.717) is 11.5 Å². The SMILES string of the molecule is CC(CN(C)C(=O)CCOCC(F)(F)F)C(N)=S. The van der Waals surface area contributed by atoms with E-state index in [1.807, 2.05) is 0 Å². The van der Waals surface area contributed by atoms with E-state index in [1.54, 1.807) is 14.0 Å². The van der Waals surface area contributed by atoms with Gasteiger partial charge in [0.15, 0.2) is 0 Å². The van der Waals surface area contributed by atoms with Crippen molar-refractivity contribution >= 4 is 23.1 Å². The lowest BCUT2D eigenvalue weighted by molar-refractivity contribution is -0.175. The van der Waals surface area contributed by atoms with Gasteiger partial charge < -0.3 is 15.4 Å². The molecule has 0 aromatic heterocycles. The molecule has 0 rings (SSSR count). The van der Waals surface area contributed by atoms with Crippen molar-refractivity contribution in [3.63, 3.8) is 0 Å². The van der Waals surface area contributed by atoms with E-state index in [1.165, 1.54) is 4.90 Å². The Morgan fingerprint density at radius 3 is 2.50 bits per heavy atom. The number of rotatable bonds is 7. The second-order valence-corrected chi connectivity index (χ2v) is 4.47. The molecule has 0 fully saturated rings. The van der Waals surface area contributed by atoms with E-state index in [-0.39, 0.29) is 24.9 Å². The van der Waals surface area contributed by atoms with E-state index >= 15 is 0 Å². The largest absolute Gasteiger partial charge is 0.411 e. The number of thiocarbonyl (C=S) groups is 1. The summed E-state index contributed by atoms with van der Waals surface area (Å²) in [6, 6.07) is 0.